The number of aromatic nitrogens is 2. The zero-order valence-corrected chi connectivity index (χ0v) is 12.8. The van der Waals surface area contributed by atoms with Crippen LogP contribution in [-0.2, 0) is 0 Å². The first-order valence-electron chi connectivity index (χ1n) is 6.91. The monoisotopic (exact) mass is 249 g/mol. The van der Waals surface area contributed by atoms with Crippen molar-refractivity contribution in [3.8, 4) is 0 Å². The molecule has 0 aliphatic rings. The normalized spacial score (nSPS) is 13.4. The Labute approximate surface area is 111 Å². The Hall–Kier alpha value is -0.960. The average Bonchev–Trinajstić information content (AvgIpc) is 2.25. The lowest BCUT2D eigenvalue weighted by molar-refractivity contribution is 0.542. The van der Waals surface area contributed by atoms with Gasteiger partial charge in [0.15, 0.2) is 0 Å². The fourth-order valence-corrected chi connectivity index (χ4v) is 2.24. The molecule has 0 aromatic carbocycles. The maximum absolute atomic E-state index is 4.64. The van der Waals surface area contributed by atoms with E-state index in [-0.39, 0.29) is 0 Å². The van der Waals surface area contributed by atoms with Crippen LogP contribution in [0.1, 0.15) is 69.2 Å². The second-order valence-electron chi connectivity index (χ2n) is 5.78. The van der Waals surface area contributed by atoms with E-state index < -0.39 is 0 Å². The molecule has 0 radical (unpaired) electrons. The molecule has 0 spiro atoms. The summed E-state index contributed by atoms with van der Waals surface area (Å²) in [7, 11) is 0. The third-order valence-corrected chi connectivity index (χ3v) is 3.19. The molecule has 0 aliphatic carbocycles. The Morgan fingerprint density at radius 2 is 1.44 bits per heavy atom. The topological polar surface area (TPSA) is 37.8 Å². The molecule has 102 valence electrons. The quantitative estimate of drug-likeness (QED) is 0.870. The fraction of sp³-hybridized carbons (Fsp3) is 0.733. The molecule has 0 amide bonds. The molecule has 0 bridgehead atoms. The van der Waals surface area contributed by atoms with Crippen LogP contribution < -0.4 is 5.32 Å². The van der Waals surface area contributed by atoms with Crippen molar-refractivity contribution in [1.29, 1.82) is 0 Å². The van der Waals surface area contributed by atoms with E-state index in [1.54, 1.807) is 0 Å². The maximum atomic E-state index is 4.64. The first-order chi connectivity index (χ1) is 8.32. The van der Waals surface area contributed by atoms with Crippen molar-refractivity contribution >= 4 is 0 Å². The summed E-state index contributed by atoms with van der Waals surface area (Å²) in [6.07, 6.45) is 0. The summed E-state index contributed by atoms with van der Waals surface area (Å²) in [6.45, 7) is 16.0. The smallest absolute Gasteiger partial charge is 0.131 e. The number of nitrogens with zero attached hydrogens (tertiary/aromatic N) is 2. The molecule has 3 heteroatoms. The summed E-state index contributed by atoms with van der Waals surface area (Å²) in [5.41, 5.74) is 3.56. The van der Waals surface area contributed by atoms with Gasteiger partial charge in [0.2, 0.25) is 0 Å². The van der Waals surface area contributed by atoms with Gasteiger partial charge in [0.1, 0.15) is 5.82 Å². The predicted octanol–water partition coefficient (Wildman–Crippen LogP) is 3.32. The summed E-state index contributed by atoms with van der Waals surface area (Å²) >= 11 is 0. The van der Waals surface area contributed by atoms with E-state index in [0.29, 0.717) is 17.9 Å². The fourth-order valence-electron chi connectivity index (χ4n) is 2.24. The summed E-state index contributed by atoms with van der Waals surface area (Å²) in [5.74, 6) is 1.80. The molecule has 1 N–H and O–H groups in total. The maximum Gasteiger partial charge on any atom is 0.131 e. The zero-order valence-electron chi connectivity index (χ0n) is 12.8. The van der Waals surface area contributed by atoms with Crippen molar-refractivity contribution in [3.63, 3.8) is 0 Å². The van der Waals surface area contributed by atoms with Gasteiger partial charge in [-0.15, -0.1) is 0 Å². The molecular weight excluding hydrogens is 222 g/mol. The van der Waals surface area contributed by atoms with Crippen LogP contribution in [0.25, 0.3) is 0 Å². The molecule has 1 aromatic heterocycles. The van der Waals surface area contributed by atoms with Crippen molar-refractivity contribution < 1.29 is 0 Å². The number of nitrogens with one attached hydrogen (secondary N) is 1. The van der Waals surface area contributed by atoms with Crippen LogP contribution in [0.3, 0.4) is 0 Å². The Balaban J connectivity index is 2.95. The highest BCUT2D eigenvalue weighted by Crippen LogP contribution is 2.22. The molecule has 1 unspecified atom stereocenters. The van der Waals surface area contributed by atoms with Gasteiger partial charge in [0, 0.05) is 29.9 Å². The molecule has 1 atom stereocenters. The van der Waals surface area contributed by atoms with Gasteiger partial charge in [0.25, 0.3) is 0 Å². The Bertz CT molecular complexity index is 374. The minimum Gasteiger partial charge on any atom is -0.314 e. The molecule has 1 rings (SSSR count). The van der Waals surface area contributed by atoms with Gasteiger partial charge in [-0.2, -0.15) is 0 Å². The van der Waals surface area contributed by atoms with Gasteiger partial charge < -0.3 is 5.32 Å². The van der Waals surface area contributed by atoms with E-state index in [9.17, 15) is 0 Å². The molecular formula is C15H27N3. The van der Waals surface area contributed by atoms with Crippen molar-refractivity contribution in [1.82, 2.24) is 15.3 Å². The van der Waals surface area contributed by atoms with Gasteiger partial charge in [-0.1, -0.05) is 34.6 Å². The van der Waals surface area contributed by atoms with E-state index in [0.717, 1.165) is 23.8 Å². The van der Waals surface area contributed by atoms with Crippen LogP contribution in [0, 0.1) is 13.8 Å². The molecule has 18 heavy (non-hydrogen) atoms. The second kappa shape index (κ2) is 6.28. The van der Waals surface area contributed by atoms with Crippen LogP contribution in [0.2, 0.25) is 0 Å². The number of hydrogen-bond donors (Lipinski definition) is 1. The lowest BCUT2D eigenvalue weighted by Crippen LogP contribution is -2.28. The largest absolute Gasteiger partial charge is 0.314 e. The second-order valence-corrected chi connectivity index (χ2v) is 5.78. The van der Waals surface area contributed by atoms with Crippen LogP contribution >= 0.6 is 0 Å². The van der Waals surface area contributed by atoms with Crippen LogP contribution in [0.15, 0.2) is 0 Å². The van der Waals surface area contributed by atoms with Gasteiger partial charge in [-0.25, -0.2) is 9.97 Å². The van der Waals surface area contributed by atoms with Gasteiger partial charge in [-0.3, -0.25) is 0 Å². The molecule has 1 heterocycles. The summed E-state index contributed by atoms with van der Waals surface area (Å²) in [6, 6.07) is 0.518. The highest BCUT2D eigenvalue weighted by molar-refractivity contribution is 5.28. The SMILES string of the molecule is Cc1nc(C(C)C)nc(C)c1C(C)CNC(C)C. The van der Waals surface area contributed by atoms with Gasteiger partial charge in [-0.05, 0) is 25.3 Å². The van der Waals surface area contributed by atoms with Crippen LogP contribution in [-0.4, -0.2) is 22.6 Å². The zero-order chi connectivity index (χ0) is 13.9. The lowest BCUT2D eigenvalue weighted by Gasteiger charge is -2.19. The Morgan fingerprint density at radius 1 is 0.944 bits per heavy atom. The summed E-state index contributed by atoms with van der Waals surface area (Å²) in [4.78, 5) is 9.29. The molecule has 0 aliphatic heterocycles. The third kappa shape index (κ3) is 3.77. The average molecular weight is 249 g/mol. The molecule has 0 saturated carbocycles. The highest BCUT2D eigenvalue weighted by Gasteiger charge is 2.16. The highest BCUT2D eigenvalue weighted by atomic mass is 14.9. The molecule has 1 aromatic rings. The minimum atomic E-state index is 0.389. The molecule has 3 nitrogen and oxygen atoms in total. The van der Waals surface area contributed by atoms with Crippen molar-refractivity contribution in [2.24, 2.45) is 0 Å². The van der Waals surface area contributed by atoms with E-state index in [4.69, 9.17) is 0 Å². The standard InChI is InChI=1S/C15H27N3/c1-9(2)15-17-12(6)14(13(7)18-15)11(5)8-16-10(3)4/h9-11,16H,8H2,1-7H3. The Morgan fingerprint density at radius 3 is 1.83 bits per heavy atom. The Kier molecular flexibility index (Phi) is 5.27. The van der Waals surface area contributed by atoms with Gasteiger partial charge in [0.05, 0.1) is 0 Å². The van der Waals surface area contributed by atoms with E-state index in [2.05, 4.69) is 63.8 Å². The number of rotatable bonds is 5. The molecule has 0 saturated heterocycles. The number of aryl methyl sites for hydroxylation is 2. The molecule has 0 fully saturated rings. The van der Waals surface area contributed by atoms with Crippen molar-refractivity contribution in [2.75, 3.05) is 6.54 Å². The predicted molar refractivity (Wildman–Crippen MR) is 77.1 cm³/mol. The van der Waals surface area contributed by atoms with Crippen LogP contribution in [0.4, 0.5) is 0 Å². The van der Waals surface area contributed by atoms with E-state index >= 15 is 0 Å². The van der Waals surface area contributed by atoms with Crippen molar-refractivity contribution in [3.05, 3.63) is 22.8 Å². The van der Waals surface area contributed by atoms with E-state index in [1.807, 2.05) is 0 Å². The first kappa shape index (κ1) is 15.1. The minimum absolute atomic E-state index is 0.389. The summed E-state index contributed by atoms with van der Waals surface area (Å²) < 4.78 is 0. The van der Waals surface area contributed by atoms with E-state index in [1.165, 1.54) is 5.56 Å². The van der Waals surface area contributed by atoms with Gasteiger partial charge >= 0.3 is 0 Å². The first-order valence-corrected chi connectivity index (χ1v) is 6.91. The number of hydrogen-bond acceptors (Lipinski definition) is 3. The lowest BCUT2D eigenvalue weighted by atomic mass is 9.97. The third-order valence-electron chi connectivity index (χ3n) is 3.19. The van der Waals surface area contributed by atoms with Crippen molar-refractivity contribution in [2.45, 2.75) is 66.3 Å². The van der Waals surface area contributed by atoms with Crippen LogP contribution in [0.5, 0.6) is 0 Å². The summed E-state index contributed by atoms with van der Waals surface area (Å²) in [5, 5.41) is 3.48.